The lowest BCUT2D eigenvalue weighted by molar-refractivity contribution is 0.103. The van der Waals surface area contributed by atoms with Crippen LogP contribution in [0.25, 0.3) is 6.08 Å². The maximum Gasteiger partial charge on any atom is 0.203 e. The van der Waals surface area contributed by atoms with E-state index in [9.17, 15) is 4.79 Å². The number of allylic oxidation sites excluding steroid dienone is 1. The third-order valence-corrected chi connectivity index (χ3v) is 3.97. The van der Waals surface area contributed by atoms with Crippen molar-refractivity contribution in [1.82, 2.24) is 9.78 Å². The van der Waals surface area contributed by atoms with Gasteiger partial charge in [0.25, 0.3) is 0 Å². The third kappa shape index (κ3) is 4.32. The molecule has 1 aromatic carbocycles. The van der Waals surface area contributed by atoms with E-state index in [4.69, 9.17) is 32.4 Å². The quantitative estimate of drug-likeness (QED) is 0.458. The molecule has 0 spiro atoms. The van der Waals surface area contributed by atoms with E-state index in [1.54, 1.807) is 55.7 Å². The minimum absolute atomic E-state index is 0.153. The van der Waals surface area contributed by atoms with Gasteiger partial charge in [0.1, 0.15) is 29.6 Å². The van der Waals surface area contributed by atoms with Crippen molar-refractivity contribution in [3.8, 4) is 5.75 Å². The summed E-state index contributed by atoms with van der Waals surface area (Å²) in [4.78, 5) is 12.0. The van der Waals surface area contributed by atoms with Gasteiger partial charge in [-0.25, -0.2) is 0 Å². The molecule has 5 nitrogen and oxygen atoms in total. The van der Waals surface area contributed by atoms with Gasteiger partial charge in [0.15, 0.2) is 0 Å². The van der Waals surface area contributed by atoms with Crippen molar-refractivity contribution in [3.05, 3.63) is 75.9 Å². The Bertz CT molecular complexity index is 928. The minimum atomic E-state index is -0.153. The Morgan fingerprint density at radius 1 is 1.28 bits per heavy atom. The first-order chi connectivity index (χ1) is 12.0. The molecule has 3 aromatic rings. The number of aromatic nitrogens is 2. The number of rotatable bonds is 6. The fourth-order valence-corrected chi connectivity index (χ4v) is 2.49. The average Bonchev–Trinajstić information content (AvgIpc) is 3.22. The van der Waals surface area contributed by atoms with Gasteiger partial charge in [0.05, 0.1) is 5.02 Å². The summed E-state index contributed by atoms with van der Waals surface area (Å²) in [6, 6.07) is 10.2. The van der Waals surface area contributed by atoms with Gasteiger partial charge >= 0.3 is 0 Å². The van der Waals surface area contributed by atoms with E-state index in [1.807, 2.05) is 0 Å². The molecule has 2 heterocycles. The highest BCUT2D eigenvalue weighted by molar-refractivity contribution is 6.34. The number of hydrogen-bond acceptors (Lipinski definition) is 4. The molecule has 0 saturated carbocycles. The van der Waals surface area contributed by atoms with Crippen molar-refractivity contribution >= 4 is 35.1 Å². The van der Waals surface area contributed by atoms with Crippen LogP contribution in [0.15, 0.2) is 53.1 Å². The summed E-state index contributed by atoms with van der Waals surface area (Å²) in [5.74, 6) is 1.48. The van der Waals surface area contributed by atoms with Gasteiger partial charge in [-0.3, -0.25) is 9.48 Å². The Labute approximate surface area is 154 Å². The first kappa shape index (κ1) is 17.3. The van der Waals surface area contributed by atoms with Crippen molar-refractivity contribution in [2.45, 2.75) is 6.61 Å². The van der Waals surface area contributed by atoms with Gasteiger partial charge in [-0.2, -0.15) is 5.10 Å². The number of halogens is 2. The summed E-state index contributed by atoms with van der Waals surface area (Å²) >= 11 is 12.0. The fraction of sp³-hybridized carbons (Fsp3) is 0.111. The molecule has 0 fully saturated rings. The number of aryl methyl sites for hydroxylation is 1. The second-order valence-corrected chi connectivity index (χ2v) is 6.05. The Balaban J connectivity index is 1.62. The molecule has 0 atom stereocenters. The van der Waals surface area contributed by atoms with Gasteiger partial charge in [-0.15, -0.1) is 0 Å². The molecule has 7 heteroatoms. The highest BCUT2D eigenvalue weighted by atomic mass is 35.5. The van der Waals surface area contributed by atoms with E-state index in [1.165, 1.54) is 10.8 Å². The molecule has 0 radical (unpaired) electrons. The van der Waals surface area contributed by atoms with Gasteiger partial charge in [-0.05, 0) is 42.5 Å². The number of carbonyl (C=O) groups is 1. The molecule has 0 aliphatic heterocycles. The van der Waals surface area contributed by atoms with E-state index >= 15 is 0 Å². The van der Waals surface area contributed by atoms with E-state index in [0.29, 0.717) is 33.0 Å². The molecular formula is C18H14Cl2N2O3. The predicted molar refractivity (Wildman–Crippen MR) is 96.1 cm³/mol. The second-order valence-electron chi connectivity index (χ2n) is 5.21. The Kier molecular flexibility index (Phi) is 5.26. The number of carbonyl (C=O) groups excluding carboxylic acids is 1. The molecule has 3 rings (SSSR count). The lowest BCUT2D eigenvalue weighted by Gasteiger charge is -2.06. The SMILES string of the molecule is Cn1nccc1C(=O)/C=C\c1ccc(COc2cc(Cl)ccc2Cl)o1. The summed E-state index contributed by atoms with van der Waals surface area (Å²) in [6.45, 7) is 0.198. The summed E-state index contributed by atoms with van der Waals surface area (Å²) in [7, 11) is 1.71. The largest absolute Gasteiger partial charge is 0.484 e. The lowest BCUT2D eigenvalue weighted by atomic mass is 10.2. The van der Waals surface area contributed by atoms with E-state index in [-0.39, 0.29) is 12.4 Å². The normalized spacial score (nSPS) is 11.2. The van der Waals surface area contributed by atoms with Gasteiger partial charge < -0.3 is 9.15 Å². The Hall–Kier alpha value is -2.50. The molecule has 0 amide bonds. The lowest BCUT2D eigenvalue weighted by Crippen LogP contribution is -2.03. The standard InChI is InChI=1S/C18H14Cl2N2O3/c1-22-16(8-9-21-22)17(23)7-5-13-3-4-14(25-13)11-24-18-10-12(19)2-6-15(18)20/h2-10H,11H2,1H3/b7-5-. The fourth-order valence-electron chi connectivity index (χ4n) is 2.16. The highest BCUT2D eigenvalue weighted by Gasteiger charge is 2.08. The smallest absolute Gasteiger partial charge is 0.203 e. The highest BCUT2D eigenvalue weighted by Crippen LogP contribution is 2.28. The maximum atomic E-state index is 12.0. The molecule has 2 aromatic heterocycles. The first-order valence-electron chi connectivity index (χ1n) is 7.40. The van der Waals surface area contributed by atoms with Crippen LogP contribution in [-0.4, -0.2) is 15.6 Å². The number of furan rings is 1. The van der Waals surface area contributed by atoms with Crippen LogP contribution in [0.2, 0.25) is 10.0 Å². The second kappa shape index (κ2) is 7.59. The summed E-state index contributed by atoms with van der Waals surface area (Å²) in [6.07, 6.45) is 4.61. The number of ether oxygens (including phenoxy) is 1. The number of ketones is 1. The topological polar surface area (TPSA) is 57.3 Å². The molecule has 0 saturated heterocycles. The number of hydrogen-bond donors (Lipinski definition) is 0. The van der Waals surface area contributed by atoms with Crippen LogP contribution in [0.4, 0.5) is 0 Å². The molecule has 25 heavy (non-hydrogen) atoms. The van der Waals surface area contributed by atoms with Crippen LogP contribution in [0, 0.1) is 0 Å². The minimum Gasteiger partial charge on any atom is -0.484 e. The third-order valence-electron chi connectivity index (χ3n) is 3.42. The van der Waals surface area contributed by atoms with E-state index in [0.717, 1.165) is 0 Å². The zero-order valence-corrected chi connectivity index (χ0v) is 14.8. The molecule has 0 unspecified atom stereocenters. The van der Waals surface area contributed by atoms with E-state index in [2.05, 4.69) is 5.10 Å². The van der Waals surface area contributed by atoms with Gasteiger partial charge in [0, 0.05) is 24.3 Å². The van der Waals surface area contributed by atoms with Crippen LogP contribution >= 0.6 is 23.2 Å². The van der Waals surface area contributed by atoms with Crippen LogP contribution in [-0.2, 0) is 13.7 Å². The van der Waals surface area contributed by atoms with E-state index < -0.39 is 0 Å². The summed E-state index contributed by atoms with van der Waals surface area (Å²) in [5, 5.41) is 4.97. The molecule has 0 aliphatic rings. The van der Waals surface area contributed by atoms with Crippen LogP contribution in [0.1, 0.15) is 22.0 Å². The Morgan fingerprint density at radius 2 is 2.12 bits per heavy atom. The van der Waals surface area contributed by atoms with Crippen molar-refractivity contribution < 1.29 is 13.9 Å². The zero-order valence-electron chi connectivity index (χ0n) is 13.3. The van der Waals surface area contributed by atoms with Gasteiger partial charge in [0.2, 0.25) is 5.78 Å². The molecule has 0 N–H and O–H groups in total. The number of benzene rings is 1. The zero-order chi connectivity index (χ0) is 17.8. The average molecular weight is 377 g/mol. The molecule has 128 valence electrons. The Morgan fingerprint density at radius 3 is 2.88 bits per heavy atom. The van der Waals surface area contributed by atoms with Gasteiger partial charge in [-0.1, -0.05) is 23.2 Å². The van der Waals surface area contributed by atoms with Crippen LogP contribution < -0.4 is 4.74 Å². The predicted octanol–water partition coefficient (Wildman–Crippen LogP) is 4.80. The first-order valence-corrected chi connectivity index (χ1v) is 8.15. The van der Waals surface area contributed by atoms with Crippen molar-refractivity contribution in [2.75, 3.05) is 0 Å². The maximum absolute atomic E-state index is 12.0. The summed E-state index contributed by atoms with van der Waals surface area (Å²) < 4.78 is 12.7. The molecule has 0 bridgehead atoms. The molecular weight excluding hydrogens is 363 g/mol. The van der Waals surface area contributed by atoms with Crippen molar-refractivity contribution in [3.63, 3.8) is 0 Å². The van der Waals surface area contributed by atoms with Crippen molar-refractivity contribution in [1.29, 1.82) is 0 Å². The van der Waals surface area contributed by atoms with Crippen LogP contribution in [0.3, 0.4) is 0 Å². The molecule has 0 aliphatic carbocycles. The van der Waals surface area contributed by atoms with Crippen molar-refractivity contribution in [2.24, 2.45) is 7.05 Å². The number of nitrogens with zero attached hydrogens (tertiary/aromatic N) is 2. The van der Waals surface area contributed by atoms with Crippen LogP contribution in [0.5, 0.6) is 5.75 Å². The summed E-state index contributed by atoms with van der Waals surface area (Å²) in [5.41, 5.74) is 0.502. The monoisotopic (exact) mass is 376 g/mol.